The molecule has 0 saturated heterocycles. The zero-order valence-electron chi connectivity index (χ0n) is 14.4. The highest BCUT2D eigenvalue weighted by Gasteiger charge is 2.15. The van der Waals surface area contributed by atoms with Crippen LogP contribution in [0.4, 0.5) is 5.69 Å². The lowest BCUT2D eigenvalue weighted by molar-refractivity contribution is -0.384. The van der Waals surface area contributed by atoms with Gasteiger partial charge in [-0.15, -0.1) is 0 Å². The average Bonchev–Trinajstić information content (AvgIpc) is 2.96. The van der Waals surface area contributed by atoms with E-state index in [1.165, 1.54) is 43.3 Å². The summed E-state index contributed by atoms with van der Waals surface area (Å²) in [7, 11) is -1.73. The molecule has 140 valence electrons. The van der Waals surface area contributed by atoms with Gasteiger partial charge in [0.25, 0.3) is 11.6 Å². The number of nitrogens with zero attached hydrogens (tertiary/aromatic N) is 3. The molecule has 2 aromatic carbocycles. The number of thiazole rings is 1. The van der Waals surface area contributed by atoms with Gasteiger partial charge in [0.05, 0.1) is 25.8 Å². The van der Waals surface area contributed by atoms with Crippen LogP contribution in [0, 0.1) is 10.1 Å². The molecule has 1 heterocycles. The number of amides is 1. The third-order valence-corrected chi connectivity index (χ3v) is 6.85. The highest BCUT2D eigenvalue weighted by molar-refractivity contribution is 7.91. The number of hydrogen-bond acceptors (Lipinski definition) is 6. The van der Waals surface area contributed by atoms with Gasteiger partial charge in [-0.2, -0.15) is 4.99 Å². The van der Waals surface area contributed by atoms with Gasteiger partial charge in [0.1, 0.15) is 0 Å². The van der Waals surface area contributed by atoms with Gasteiger partial charge in [-0.3, -0.25) is 14.9 Å². The number of hydrogen-bond donors (Lipinski definition) is 0. The molecule has 0 bridgehead atoms. The Hall–Kier alpha value is -2.85. The number of sulfone groups is 1. The minimum atomic E-state index is -3.43. The first-order valence-corrected chi connectivity index (χ1v) is 10.4. The van der Waals surface area contributed by atoms with Crippen LogP contribution in [-0.2, 0) is 16.9 Å². The van der Waals surface area contributed by atoms with Crippen LogP contribution in [0.3, 0.4) is 0 Å². The second kappa shape index (κ2) is 7.05. The SMILES string of the molecule is CCS(=O)(=O)c1cccc(C(=O)N=c2sc3cc([N+](=O)[O-])ccc3n2C)c1. The first-order chi connectivity index (χ1) is 12.7. The Balaban J connectivity index is 2.07. The zero-order chi connectivity index (χ0) is 19.8. The van der Waals surface area contributed by atoms with Crippen molar-refractivity contribution in [1.29, 1.82) is 0 Å². The maximum absolute atomic E-state index is 12.5. The van der Waals surface area contributed by atoms with Crippen molar-refractivity contribution >= 4 is 43.0 Å². The third-order valence-electron chi connectivity index (χ3n) is 4.02. The molecule has 10 heteroatoms. The molecule has 0 N–H and O–H groups in total. The van der Waals surface area contributed by atoms with Crippen molar-refractivity contribution in [2.45, 2.75) is 11.8 Å². The minimum absolute atomic E-state index is 0.0419. The Labute approximate surface area is 158 Å². The summed E-state index contributed by atoms with van der Waals surface area (Å²) in [5.74, 6) is -0.647. The predicted molar refractivity (Wildman–Crippen MR) is 102 cm³/mol. The van der Waals surface area contributed by atoms with Crippen molar-refractivity contribution in [3.05, 3.63) is 62.9 Å². The van der Waals surface area contributed by atoms with Crippen LogP contribution >= 0.6 is 11.3 Å². The lowest BCUT2D eigenvalue weighted by Gasteiger charge is -2.02. The molecule has 3 rings (SSSR count). The largest absolute Gasteiger partial charge is 0.319 e. The monoisotopic (exact) mass is 405 g/mol. The topological polar surface area (TPSA) is 112 Å². The Kier molecular flexibility index (Phi) is 4.94. The molecule has 0 atom stereocenters. The molecule has 0 aliphatic heterocycles. The fourth-order valence-electron chi connectivity index (χ4n) is 2.48. The Bertz CT molecular complexity index is 1240. The van der Waals surface area contributed by atoms with E-state index in [2.05, 4.69) is 4.99 Å². The van der Waals surface area contributed by atoms with Crippen molar-refractivity contribution in [3.63, 3.8) is 0 Å². The van der Waals surface area contributed by atoms with E-state index in [9.17, 15) is 23.3 Å². The molecule has 0 spiro atoms. The maximum Gasteiger partial charge on any atom is 0.279 e. The lowest BCUT2D eigenvalue weighted by atomic mass is 10.2. The Morgan fingerprint density at radius 1 is 1.26 bits per heavy atom. The number of nitro groups is 1. The molecule has 0 aliphatic carbocycles. The molecule has 27 heavy (non-hydrogen) atoms. The summed E-state index contributed by atoms with van der Waals surface area (Å²) >= 11 is 1.15. The van der Waals surface area contributed by atoms with E-state index in [4.69, 9.17) is 0 Å². The zero-order valence-corrected chi connectivity index (χ0v) is 16.1. The van der Waals surface area contributed by atoms with E-state index in [0.29, 0.717) is 15.0 Å². The molecular formula is C17H15N3O5S2. The number of aryl methyl sites for hydroxylation is 1. The number of fused-ring (bicyclic) bond motifs is 1. The number of carbonyl (C=O) groups excluding carboxylic acids is 1. The molecule has 8 nitrogen and oxygen atoms in total. The van der Waals surface area contributed by atoms with Crippen molar-refractivity contribution in [2.75, 3.05) is 5.75 Å². The van der Waals surface area contributed by atoms with Gasteiger partial charge < -0.3 is 4.57 Å². The number of carbonyl (C=O) groups is 1. The summed E-state index contributed by atoms with van der Waals surface area (Å²) in [6, 6.07) is 10.2. The number of rotatable bonds is 4. The van der Waals surface area contributed by atoms with Crippen LogP contribution in [0.2, 0.25) is 0 Å². The summed E-state index contributed by atoms with van der Waals surface area (Å²) in [5.41, 5.74) is 0.826. The van der Waals surface area contributed by atoms with Crippen molar-refractivity contribution < 1.29 is 18.1 Å². The first kappa shape index (κ1) is 18.9. The third kappa shape index (κ3) is 3.67. The van der Waals surface area contributed by atoms with Crippen LogP contribution in [0.1, 0.15) is 17.3 Å². The summed E-state index contributed by atoms with van der Waals surface area (Å²) in [4.78, 5) is 27.4. The number of aromatic nitrogens is 1. The fraction of sp³-hybridized carbons (Fsp3) is 0.176. The first-order valence-electron chi connectivity index (χ1n) is 7.89. The van der Waals surface area contributed by atoms with Crippen molar-refractivity contribution in [3.8, 4) is 0 Å². The van der Waals surface area contributed by atoms with E-state index >= 15 is 0 Å². The minimum Gasteiger partial charge on any atom is -0.319 e. The van der Waals surface area contributed by atoms with Crippen LogP contribution < -0.4 is 4.80 Å². The molecular weight excluding hydrogens is 390 g/mol. The van der Waals surface area contributed by atoms with Gasteiger partial charge in [-0.05, 0) is 24.3 Å². The highest BCUT2D eigenvalue weighted by Crippen LogP contribution is 2.22. The van der Waals surface area contributed by atoms with Gasteiger partial charge in [0, 0.05) is 24.7 Å². The van der Waals surface area contributed by atoms with Gasteiger partial charge >= 0.3 is 0 Å². The highest BCUT2D eigenvalue weighted by atomic mass is 32.2. The van der Waals surface area contributed by atoms with E-state index in [0.717, 1.165) is 11.3 Å². The average molecular weight is 405 g/mol. The van der Waals surface area contributed by atoms with Crippen LogP contribution in [0.5, 0.6) is 0 Å². The summed E-state index contributed by atoms with van der Waals surface area (Å²) in [5, 5.41) is 10.9. The summed E-state index contributed by atoms with van der Waals surface area (Å²) in [6.45, 7) is 1.53. The molecule has 0 radical (unpaired) electrons. The van der Waals surface area contributed by atoms with E-state index in [-0.39, 0.29) is 21.9 Å². The molecule has 1 aromatic heterocycles. The normalized spacial score (nSPS) is 12.4. The molecule has 1 amide bonds. The smallest absolute Gasteiger partial charge is 0.279 e. The van der Waals surface area contributed by atoms with Crippen LogP contribution in [0.25, 0.3) is 10.2 Å². The number of non-ortho nitro benzene ring substituents is 1. The van der Waals surface area contributed by atoms with Gasteiger partial charge in [-0.25, -0.2) is 8.42 Å². The standard InChI is InChI=1S/C17H15N3O5S2/c1-3-27(24,25)13-6-4-5-11(9-13)16(21)18-17-19(2)14-8-7-12(20(22)23)10-15(14)26-17/h4-10H,3H2,1-2H3. The molecule has 3 aromatic rings. The van der Waals surface area contributed by atoms with Crippen LogP contribution in [0.15, 0.2) is 52.4 Å². The lowest BCUT2D eigenvalue weighted by Crippen LogP contribution is -2.13. The Morgan fingerprint density at radius 2 is 2.00 bits per heavy atom. The summed E-state index contributed by atoms with van der Waals surface area (Å²) < 4.78 is 26.3. The summed E-state index contributed by atoms with van der Waals surface area (Å²) in [6.07, 6.45) is 0. The number of nitro benzene ring substituents is 1. The van der Waals surface area contributed by atoms with Crippen molar-refractivity contribution in [2.24, 2.45) is 12.0 Å². The van der Waals surface area contributed by atoms with Gasteiger partial charge in [-0.1, -0.05) is 24.3 Å². The number of benzene rings is 2. The fourth-order valence-corrected chi connectivity index (χ4v) is 4.46. The Morgan fingerprint density at radius 3 is 2.67 bits per heavy atom. The van der Waals surface area contributed by atoms with Crippen molar-refractivity contribution in [1.82, 2.24) is 4.57 Å². The molecule has 0 saturated carbocycles. The van der Waals surface area contributed by atoms with Gasteiger partial charge in [0.15, 0.2) is 14.6 Å². The molecule has 0 fully saturated rings. The second-order valence-corrected chi connectivity index (χ2v) is 8.99. The second-order valence-electron chi connectivity index (χ2n) is 5.70. The van der Waals surface area contributed by atoms with Crippen LogP contribution in [-0.4, -0.2) is 29.6 Å². The van der Waals surface area contributed by atoms with E-state index < -0.39 is 20.7 Å². The van der Waals surface area contributed by atoms with E-state index in [1.807, 2.05) is 0 Å². The predicted octanol–water partition coefficient (Wildman–Crippen LogP) is 2.68. The maximum atomic E-state index is 12.5. The quantitative estimate of drug-likeness (QED) is 0.489. The molecule has 0 aliphatic rings. The van der Waals surface area contributed by atoms with Gasteiger partial charge in [0.2, 0.25) is 0 Å². The molecule has 0 unspecified atom stereocenters. The van der Waals surface area contributed by atoms with E-state index in [1.54, 1.807) is 17.7 Å².